The number of carbonyl (C=O) groups excluding carboxylic acids is 2. The lowest BCUT2D eigenvalue weighted by molar-refractivity contribution is -0.119. The Labute approximate surface area is 262 Å². The quantitative estimate of drug-likeness (QED) is 0.180. The maximum Gasteiger partial charge on any atom is 0.339 e. The average Bonchev–Trinajstić information content (AvgIpc) is 3.42. The van der Waals surface area contributed by atoms with Crippen LogP contribution in [-0.4, -0.2) is 29.5 Å². The van der Waals surface area contributed by atoms with Crippen LogP contribution in [0.25, 0.3) is 22.6 Å². The summed E-state index contributed by atoms with van der Waals surface area (Å²) in [6, 6.07) is 33.2. The fourth-order valence-electron chi connectivity index (χ4n) is 5.71. The number of aromatic nitrogens is 1. The fraction of sp³-hybridized carbons (Fsp3) is 0.162. The van der Waals surface area contributed by atoms with Gasteiger partial charge in [0, 0.05) is 33.5 Å². The van der Waals surface area contributed by atoms with Crippen LogP contribution in [0.3, 0.4) is 0 Å². The molecule has 1 aliphatic carbocycles. The lowest BCUT2D eigenvalue weighted by Crippen LogP contribution is -2.25. The molecule has 44 heavy (non-hydrogen) atoms. The maximum atomic E-state index is 13.5. The molecule has 0 aliphatic heterocycles. The van der Waals surface area contributed by atoms with Crippen molar-refractivity contribution in [3.63, 3.8) is 0 Å². The number of halogens is 1. The van der Waals surface area contributed by atoms with Gasteiger partial charge >= 0.3 is 5.97 Å². The number of carbonyl (C=O) groups is 2. The van der Waals surface area contributed by atoms with E-state index in [0.29, 0.717) is 33.6 Å². The second-order valence-electron chi connectivity index (χ2n) is 11.0. The Morgan fingerprint density at radius 1 is 0.886 bits per heavy atom. The SMILES string of the molecule is CC(C)N(c1ccccc1)c1ccc(NC(=O)COC(=O)c2c3c(nc4ccccc24)/C(=C/c2ccc(Cl)cc2)CC3)cc1. The molecule has 0 unspecified atom stereocenters. The summed E-state index contributed by atoms with van der Waals surface area (Å²) < 4.78 is 5.59. The summed E-state index contributed by atoms with van der Waals surface area (Å²) in [5, 5.41) is 4.24. The van der Waals surface area contributed by atoms with Gasteiger partial charge in [0.05, 0.1) is 16.8 Å². The van der Waals surface area contributed by atoms with Crippen molar-refractivity contribution in [3.8, 4) is 0 Å². The minimum Gasteiger partial charge on any atom is -0.452 e. The van der Waals surface area contributed by atoms with E-state index >= 15 is 0 Å². The average molecular weight is 602 g/mol. The van der Waals surface area contributed by atoms with Gasteiger partial charge < -0.3 is 15.0 Å². The molecule has 1 heterocycles. The number of fused-ring (bicyclic) bond motifs is 2. The van der Waals surface area contributed by atoms with Gasteiger partial charge in [-0.3, -0.25) is 4.79 Å². The first-order chi connectivity index (χ1) is 21.4. The van der Waals surface area contributed by atoms with Crippen LogP contribution in [0.4, 0.5) is 17.1 Å². The van der Waals surface area contributed by atoms with E-state index in [-0.39, 0.29) is 6.04 Å². The Morgan fingerprint density at radius 3 is 2.30 bits per heavy atom. The maximum absolute atomic E-state index is 13.5. The van der Waals surface area contributed by atoms with E-state index in [1.807, 2.05) is 91.0 Å². The third-order valence-electron chi connectivity index (χ3n) is 7.67. The van der Waals surface area contributed by atoms with Crippen LogP contribution in [0.15, 0.2) is 103 Å². The molecule has 0 saturated carbocycles. The van der Waals surface area contributed by atoms with Crippen molar-refractivity contribution in [1.82, 2.24) is 4.98 Å². The van der Waals surface area contributed by atoms with E-state index in [1.54, 1.807) is 0 Å². The zero-order valence-electron chi connectivity index (χ0n) is 24.6. The van der Waals surface area contributed by atoms with Crippen molar-refractivity contribution in [3.05, 3.63) is 131 Å². The van der Waals surface area contributed by atoms with Crippen LogP contribution in [0.1, 0.15) is 47.4 Å². The molecule has 0 bridgehead atoms. The number of para-hydroxylation sites is 2. The first kappa shape index (κ1) is 29.1. The highest BCUT2D eigenvalue weighted by molar-refractivity contribution is 6.30. The van der Waals surface area contributed by atoms with E-state index in [2.05, 4.69) is 42.3 Å². The van der Waals surface area contributed by atoms with Crippen LogP contribution in [0.2, 0.25) is 5.02 Å². The van der Waals surface area contributed by atoms with E-state index in [9.17, 15) is 9.59 Å². The predicted octanol–water partition coefficient (Wildman–Crippen LogP) is 8.72. The van der Waals surface area contributed by atoms with E-state index in [4.69, 9.17) is 21.3 Å². The molecule has 0 radical (unpaired) electrons. The number of esters is 1. The Kier molecular flexibility index (Phi) is 8.44. The number of nitrogens with one attached hydrogen (secondary N) is 1. The minimum absolute atomic E-state index is 0.243. The van der Waals surface area contributed by atoms with E-state index in [1.165, 1.54) is 0 Å². The zero-order valence-corrected chi connectivity index (χ0v) is 25.3. The lowest BCUT2D eigenvalue weighted by Gasteiger charge is -2.29. The lowest BCUT2D eigenvalue weighted by atomic mass is 10.0. The molecule has 6 rings (SSSR count). The van der Waals surface area contributed by atoms with Crippen molar-refractivity contribution >= 4 is 63.1 Å². The number of amides is 1. The highest BCUT2D eigenvalue weighted by atomic mass is 35.5. The molecule has 1 amide bonds. The van der Waals surface area contributed by atoms with Gasteiger partial charge in [-0.15, -0.1) is 0 Å². The third-order valence-corrected chi connectivity index (χ3v) is 7.92. The molecule has 6 nitrogen and oxygen atoms in total. The number of allylic oxidation sites excluding steroid dienone is 1. The molecule has 1 aromatic heterocycles. The van der Waals surface area contributed by atoms with E-state index < -0.39 is 18.5 Å². The number of hydrogen-bond donors (Lipinski definition) is 1. The summed E-state index contributed by atoms with van der Waals surface area (Å²) in [5.41, 5.74) is 7.60. The van der Waals surface area contributed by atoms with Crippen molar-refractivity contribution in [2.45, 2.75) is 32.7 Å². The summed E-state index contributed by atoms with van der Waals surface area (Å²) in [7, 11) is 0. The van der Waals surface area contributed by atoms with Crippen LogP contribution < -0.4 is 10.2 Å². The first-order valence-electron chi connectivity index (χ1n) is 14.7. The minimum atomic E-state index is -0.534. The van der Waals surface area contributed by atoms with Gasteiger partial charge in [0.1, 0.15) is 0 Å². The highest BCUT2D eigenvalue weighted by Crippen LogP contribution is 2.38. The van der Waals surface area contributed by atoms with Gasteiger partial charge in [0.25, 0.3) is 5.91 Å². The number of ether oxygens (including phenoxy) is 1. The van der Waals surface area contributed by atoms with Crippen molar-refractivity contribution in [2.24, 2.45) is 0 Å². The van der Waals surface area contributed by atoms with Gasteiger partial charge in [-0.1, -0.05) is 60.1 Å². The number of pyridine rings is 1. The molecule has 0 fully saturated rings. The monoisotopic (exact) mass is 601 g/mol. The standard InChI is InChI=1S/C37H32ClN3O3/c1-24(2)41(29-8-4-3-5-9-29)30-19-17-28(18-20-30)39-34(42)23-44-37(43)35-31-10-6-7-11-33(31)40-36-26(14-21-32(35)36)22-25-12-15-27(38)16-13-25/h3-13,15-20,22,24H,14,21,23H2,1-2H3,(H,39,42)/b26-22+. The molecule has 1 aliphatic rings. The molecule has 7 heteroatoms. The van der Waals surface area contributed by atoms with Crippen LogP contribution in [0, 0.1) is 0 Å². The number of anilines is 3. The molecule has 220 valence electrons. The molecule has 4 aromatic carbocycles. The number of benzene rings is 4. The van der Waals surface area contributed by atoms with Gasteiger partial charge in [-0.25, -0.2) is 9.78 Å². The Bertz CT molecular complexity index is 1850. The molecule has 0 spiro atoms. The number of hydrogen-bond acceptors (Lipinski definition) is 5. The summed E-state index contributed by atoms with van der Waals surface area (Å²) >= 11 is 6.06. The van der Waals surface area contributed by atoms with Crippen LogP contribution in [-0.2, 0) is 16.0 Å². The Morgan fingerprint density at radius 2 is 1.57 bits per heavy atom. The first-order valence-corrected chi connectivity index (χ1v) is 15.0. The Hall–Kier alpha value is -4.94. The number of rotatable bonds is 8. The van der Waals surface area contributed by atoms with Crippen LogP contribution >= 0.6 is 11.6 Å². The normalized spacial score (nSPS) is 13.2. The summed E-state index contributed by atoms with van der Waals surface area (Å²) in [4.78, 5) is 33.5. The Balaban J connectivity index is 1.17. The fourth-order valence-corrected chi connectivity index (χ4v) is 5.84. The molecule has 1 N–H and O–H groups in total. The molecule has 5 aromatic rings. The second-order valence-corrected chi connectivity index (χ2v) is 11.5. The van der Waals surface area contributed by atoms with E-state index in [0.717, 1.165) is 40.2 Å². The molecule has 0 saturated heterocycles. The van der Waals surface area contributed by atoms with Crippen LogP contribution in [0.5, 0.6) is 0 Å². The van der Waals surface area contributed by atoms with Gasteiger partial charge in [-0.05, 0) is 104 Å². The summed E-state index contributed by atoms with van der Waals surface area (Å²) in [6.07, 6.45) is 3.49. The number of nitrogens with zero attached hydrogens (tertiary/aromatic N) is 2. The molecular weight excluding hydrogens is 570 g/mol. The summed E-state index contributed by atoms with van der Waals surface area (Å²) in [5.74, 6) is -0.943. The second kappa shape index (κ2) is 12.7. The smallest absolute Gasteiger partial charge is 0.339 e. The van der Waals surface area contributed by atoms with Crippen molar-refractivity contribution < 1.29 is 14.3 Å². The third kappa shape index (κ3) is 6.21. The summed E-state index contributed by atoms with van der Waals surface area (Å²) in [6.45, 7) is 3.87. The largest absolute Gasteiger partial charge is 0.452 e. The van der Waals surface area contributed by atoms with Gasteiger partial charge in [-0.2, -0.15) is 0 Å². The topological polar surface area (TPSA) is 71.5 Å². The van der Waals surface area contributed by atoms with Gasteiger partial charge in [0.2, 0.25) is 0 Å². The molecule has 0 atom stereocenters. The highest BCUT2D eigenvalue weighted by Gasteiger charge is 2.28. The van der Waals surface area contributed by atoms with Gasteiger partial charge in [0.15, 0.2) is 6.61 Å². The zero-order chi connectivity index (χ0) is 30.6. The molecular formula is C37H32ClN3O3. The van der Waals surface area contributed by atoms with Crippen molar-refractivity contribution in [1.29, 1.82) is 0 Å². The van der Waals surface area contributed by atoms with Crippen molar-refractivity contribution in [2.75, 3.05) is 16.8 Å². The predicted molar refractivity (Wildman–Crippen MR) is 178 cm³/mol.